The van der Waals surface area contributed by atoms with Crippen LogP contribution in [-0.2, 0) is 25.0 Å². The first kappa shape index (κ1) is 19.1. The molecule has 1 aromatic carbocycles. The lowest BCUT2D eigenvalue weighted by atomic mass is 10.1. The van der Waals surface area contributed by atoms with Gasteiger partial charge in [0.15, 0.2) is 11.6 Å². The highest BCUT2D eigenvalue weighted by atomic mass is 16.5. The summed E-state index contributed by atoms with van der Waals surface area (Å²) in [7, 11) is 3.32. The Kier molecular flexibility index (Phi) is 5.70. The van der Waals surface area contributed by atoms with Gasteiger partial charge in [-0.3, -0.25) is 10.00 Å². The molecule has 10 heteroatoms. The summed E-state index contributed by atoms with van der Waals surface area (Å²) in [5.41, 5.74) is 8.65. The highest BCUT2D eigenvalue weighted by Crippen LogP contribution is 2.34. The van der Waals surface area contributed by atoms with E-state index in [0.717, 1.165) is 5.56 Å². The highest BCUT2D eigenvalue weighted by molar-refractivity contribution is 5.81. The van der Waals surface area contributed by atoms with Crippen LogP contribution in [0.25, 0.3) is 11.4 Å². The molecule has 0 atom stereocenters. The van der Waals surface area contributed by atoms with Crippen LogP contribution in [0.15, 0.2) is 36.7 Å². The monoisotopic (exact) mass is 384 g/mol. The van der Waals surface area contributed by atoms with E-state index in [1.165, 1.54) is 7.11 Å². The maximum absolute atomic E-state index is 10.7. The number of aryl methyl sites for hydroxylation is 1. The van der Waals surface area contributed by atoms with Crippen LogP contribution in [-0.4, -0.2) is 38.1 Å². The topological polar surface area (TPSA) is 137 Å². The van der Waals surface area contributed by atoms with Gasteiger partial charge in [-0.05, 0) is 29.8 Å². The number of nitrogens with one attached hydrogen (secondary N) is 1. The molecule has 0 fully saturated rings. The normalized spacial score (nSPS) is 10.6. The molecule has 1 amide bonds. The third kappa shape index (κ3) is 4.54. The van der Waals surface area contributed by atoms with Gasteiger partial charge in [0.25, 0.3) is 0 Å². The number of nitrogens with zero attached hydrogens (tertiary/aromatic N) is 4. The molecule has 0 aliphatic rings. The van der Waals surface area contributed by atoms with Crippen molar-refractivity contribution in [1.29, 1.82) is 0 Å². The van der Waals surface area contributed by atoms with E-state index in [1.807, 2.05) is 6.07 Å². The standard InChI is InChI=1S/C18H20N6O4/c1-24-10-20-17(23-24)13-6-11(7-14(19)16(13)27-2)8-28-9-12-4-3-5-15(21-12)22-18(25)26/h3-7,10H,8-9,19H2,1-2H3,(H,21,22)(H,25,26). The van der Waals surface area contributed by atoms with Crippen LogP contribution < -0.4 is 15.8 Å². The maximum atomic E-state index is 10.7. The molecule has 0 aliphatic heterocycles. The largest absolute Gasteiger partial charge is 0.494 e. The average molecular weight is 384 g/mol. The van der Waals surface area contributed by atoms with Crippen molar-refractivity contribution in [3.8, 4) is 17.1 Å². The first-order chi connectivity index (χ1) is 13.5. The Hall–Kier alpha value is -3.66. The fourth-order valence-corrected chi connectivity index (χ4v) is 2.67. The SMILES string of the molecule is COc1c(N)cc(COCc2cccc(NC(=O)O)n2)cc1-c1ncn(C)n1. The molecule has 2 aromatic heterocycles. The van der Waals surface area contributed by atoms with E-state index >= 15 is 0 Å². The van der Waals surface area contributed by atoms with Crippen molar-refractivity contribution in [2.45, 2.75) is 13.2 Å². The predicted octanol–water partition coefficient (Wildman–Crippen LogP) is 2.27. The van der Waals surface area contributed by atoms with Crippen LogP contribution in [0.5, 0.6) is 5.75 Å². The van der Waals surface area contributed by atoms with Gasteiger partial charge < -0.3 is 20.3 Å². The maximum Gasteiger partial charge on any atom is 0.410 e. The third-order valence-electron chi connectivity index (χ3n) is 3.78. The van der Waals surface area contributed by atoms with Gasteiger partial charge in [-0.15, -0.1) is 0 Å². The Balaban J connectivity index is 1.73. The van der Waals surface area contributed by atoms with Crippen molar-refractivity contribution in [2.24, 2.45) is 7.05 Å². The minimum atomic E-state index is -1.17. The van der Waals surface area contributed by atoms with Crippen molar-refractivity contribution in [3.05, 3.63) is 47.9 Å². The van der Waals surface area contributed by atoms with Gasteiger partial charge in [-0.25, -0.2) is 14.8 Å². The number of hydrogen-bond donors (Lipinski definition) is 3. The molecule has 0 saturated carbocycles. The molecule has 146 valence electrons. The fraction of sp³-hybridized carbons (Fsp3) is 0.222. The number of benzene rings is 1. The van der Waals surface area contributed by atoms with Gasteiger partial charge in [0.05, 0.1) is 37.3 Å². The summed E-state index contributed by atoms with van der Waals surface area (Å²) in [5.74, 6) is 1.25. The van der Waals surface area contributed by atoms with Crippen LogP contribution >= 0.6 is 0 Å². The summed E-state index contributed by atoms with van der Waals surface area (Å²) in [6, 6.07) is 8.64. The molecule has 28 heavy (non-hydrogen) atoms. The van der Waals surface area contributed by atoms with E-state index in [4.69, 9.17) is 20.3 Å². The minimum Gasteiger partial charge on any atom is -0.494 e. The second kappa shape index (κ2) is 8.35. The molecular weight excluding hydrogens is 364 g/mol. The molecule has 0 aliphatic carbocycles. The Morgan fingerprint density at radius 3 is 2.82 bits per heavy atom. The zero-order valence-electron chi connectivity index (χ0n) is 15.4. The van der Waals surface area contributed by atoms with Gasteiger partial charge in [0.1, 0.15) is 12.1 Å². The van der Waals surface area contributed by atoms with Crippen molar-refractivity contribution >= 4 is 17.6 Å². The average Bonchev–Trinajstić information content (AvgIpc) is 3.07. The summed E-state index contributed by atoms with van der Waals surface area (Å²) in [6.07, 6.45) is 0.424. The molecule has 3 aromatic rings. The number of ether oxygens (including phenoxy) is 2. The van der Waals surface area contributed by atoms with E-state index in [-0.39, 0.29) is 19.0 Å². The molecule has 3 rings (SSSR count). The number of carboxylic acid groups (broad SMARTS) is 1. The Labute approximate surface area is 160 Å². The van der Waals surface area contributed by atoms with Gasteiger partial charge in [0.2, 0.25) is 0 Å². The number of amides is 1. The lowest BCUT2D eigenvalue weighted by Crippen LogP contribution is -2.09. The van der Waals surface area contributed by atoms with E-state index in [2.05, 4.69) is 20.4 Å². The summed E-state index contributed by atoms with van der Waals surface area (Å²) >= 11 is 0. The lowest BCUT2D eigenvalue weighted by Gasteiger charge is -2.12. The molecule has 0 radical (unpaired) electrons. The number of anilines is 2. The molecular formula is C18H20N6O4. The van der Waals surface area contributed by atoms with Crippen molar-refractivity contribution in [3.63, 3.8) is 0 Å². The van der Waals surface area contributed by atoms with Crippen LogP contribution in [0.1, 0.15) is 11.3 Å². The third-order valence-corrected chi connectivity index (χ3v) is 3.78. The van der Waals surface area contributed by atoms with Crippen LogP contribution in [0, 0.1) is 0 Å². The van der Waals surface area contributed by atoms with E-state index in [0.29, 0.717) is 28.5 Å². The number of aromatic nitrogens is 4. The van der Waals surface area contributed by atoms with Crippen molar-refractivity contribution in [1.82, 2.24) is 19.7 Å². The summed E-state index contributed by atoms with van der Waals surface area (Å²) < 4.78 is 12.7. The highest BCUT2D eigenvalue weighted by Gasteiger charge is 2.15. The number of nitrogens with two attached hydrogens (primary N) is 1. The fourth-order valence-electron chi connectivity index (χ4n) is 2.67. The summed E-state index contributed by atoms with van der Waals surface area (Å²) in [4.78, 5) is 19.1. The molecule has 4 N–H and O–H groups in total. The first-order valence-corrected chi connectivity index (χ1v) is 8.32. The number of methoxy groups -OCH3 is 1. The zero-order valence-corrected chi connectivity index (χ0v) is 15.4. The van der Waals surface area contributed by atoms with Gasteiger partial charge in [-0.2, -0.15) is 5.10 Å². The molecule has 0 unspecified atom stereocenters. The zero-order chi connectivity index (χ0) is 20.1. The van der Waals surface area contributed by atoms with Gasteiger partial charge >= 0.3 is 6.09 Å². The number of rotatable bonds is 7. The second-order valence-electron chi connectivity index (χ2n) is 5.94. The first-order valence-electron chi connectivity index (χ1n) is 8.32. The Morgan fingerprint density at radius 1 is 1.32 bits per heavy atom. The Morgan fingerprint density at radius 2 is 2.14 bits per heavy atom. The number of pyridine rings is 1. The van der Waals surface area contributed by atoms with Gasteiger partial charge in [-0.1, -0.05) is 6.07 Å². The number of hydrogen-bond acceptors (Lipinski definition) is 7. The van der Waals surface area contributed by atoms with Crippen LogP contribution in [0.4, 0.5) is 16.3 Å². The molecule has 10 nitrogen and oxygen atoms in total. The van der Waals surface area contributed by atoms with E-state index in [9.17, 15) is 4.79 Å². The summed E-state index contributed by atoms with van der Waals surface area (Å²) in [5, 5.41) is 15.3. The van der Waals surface area contributed by atoms with Crippen LogP contribution in [0.2, 0.25) is 0 Å². The molecule has 0 spiro atoms. The van der Waals surface area contributed by atoms with Gasteiger partial charge in [0, 0.05) is 7.05 Å². The predicted molar refractivity (Wildman–Crippen MR) is 102 cm³/mol. The van der Waals surface area contributed by atoms with Crippen LogP contribution in [0.3, 0.4) is 0 Å². The second-order valence-corrected chi connectivity index (χ2v) is 5.94. The minimum absolute atomic E-state index is 0.207. The lowest BCUT2D eigenvalue weighted by molar-refractivity contribution is 0.104. The quantitative estimate of drug-likeness (QED) is 0.528. The van der Waals surface area contributed by atoms with E-state index in [1.54, 1.807) is 42.3 Å². The van der Waals surface area contributed by atoms with Crippen molar-refractivity contribution in [2.75, 3.05) is 18.2 Å². The molecule has 2 heterocycles. The molecule has 0 bridgehead atoms. The van der Waals surface area contributed by atoms with Crippen molar-refractivity contribution < 1.29 is 19.4 Å². The van der Waals surface area contributed by atoms with E-state index < -0.39 is 6.09 Å². The summed E-state index contributed by atoms with van der Waals surface area (Å²) in [6.45, 7) is 0.477. The Bertz CT molecular complexity index is 988. The molecule has 0 saturated heterocycles. The number of nitrogen functional groups attached to an aromatic ring is 1. The smallest absolute Gasteiger partial charge is 0.410 e. The number of carbonyl (C=O) groups is 1.